The fourth-order valence-corrected chi connectivity index (χ4v) is 4.54. The van der Waals surface area contributed by atoms with Gasteiger partial charge < -0.3 is 14.2 Å². The zero-order valence-corrected chi connectivity index (χ0v) is 20.8. The lowest BCUT2D eigenvalue weighted by molar-refractivity contribution is -0.129. The molecule has 4 aromatic carbocycles. The van der Waals surface area contributed by atoms with Crippen LogP contribution in [0.3, 0.4) is 0 Å². The molecule has 0 fully saturated rings. The van der Waals surface area contributed by atoms with Crippen molar-refractivity contribution in [1.29, 1.82) is 0 Å². The Morgan fingerprint density at radius 2 is 1.83 bits per heavy atom. The third kappa shape index (κ3) is 5.05. The maximum absolute atomic E-state index is 13.5. The van der Waals surface area contributed by atoms with Gasteiger partial charge in [0.1, 0.15) is 12.4 Å². The van der Waals surface area contributed by atoms with Crippen LogP contribution < -0.4 is 9.47 Å². The molecule has 4 aromatic rings. The Morgan fingerprint density at radius 1 is 1.00 bits per heavy atom. The lowest BCUT2D eigenvalue weighted by Gasteiger charge is -2.14. The first kappa shape index (κ1) is 23.0. The predicted molar refractivity (Wildman–Crippen MR) is 141 cm³/mol. The van der Waals surface area contributed by atoms with E-state index in [0.29, 0.717) is 22.6 Å². The van der Waals surface area contributed by atoms with Gasteiger partial charge >= 0.3 is 5.97 Å². The van der Waals surface area contributed by atoms with Crippen LogP contribution in [-0.2, 0) is 16.1 Å². The van der Waals surface area contributed by atoms with Gasteiger partial charge in [-0.15, -0.1) is 0 Å². The lowest BCUT2D eigenvalue weighted by atomic mass is 10.1. The molecule has 1 aliphatic rings. The van der Waals surface area contributed by atoms with Gasteiger partial charge in [-0.1, -0.05) is 42.5 Å². The van der Waals surface area contributed by atoms with Crippen molar-refractivity contribution in [3.63, 3.8) is 0 Å². The molecule has 5 rings (SSSR count). The van der Waals surface area contributed by atoms with Crippen LogP contribution >= 0.6 is 22.6 Å². The number of ether oxygens (including phenoxy) is 3. The highest BCUT2D eigenvalue weighted by molar-refractivity contribution is 14.1. The molecule has 7 heteroatoms. The van der Waals surface area contributed by atoms with Gasteiger partial charge in [0.2, 0.25) is 5.90 Å². The van der Waals surface area contributed by atoms with Crippen molar-refractivity contribution in [2.45, 2.75) is 6.61 Å². The Kier molecular flexibility index (Phi) is 6.50. The third-order valence-corrected chi connectivity index (χ3v) is 6.25. The van der Waals surface area contributed by atoms with Crippen molar-refractivity contribution in [3.8, 4) is 11.5 Å². The molecule has 0 N–H and O–H groups in total. The van der Waals surface area contributed by atoms with E-state index in [2.05, 4.69) is 27.6 Å². The van der Waals surface area contributed by atoms with E-state index >= 15 is 0 Å². The summed E-state index contributed by atoms with van der Waals surface area (Å²) in [7, 11) is 1.54. The second-order valence-corrected chi connectivity index (χ2v) is 9.01. The fraction of sp³-hybridized carbons (Fsp3) is 0.0714. The van der Waals surface area contributed by atoms with Gasteiger partial charge in [0.15, 0.2) is 17.2 Å². The first-order valence-corrected chi connectivity index (χ1v) is 11.8. The van der Waals surface area contributed by atoms with E-state index in [1.54, 1.807) is 24.3 Å². The zero-order valence-electron chi connectivity index (χ0n) is 18.6. The number of halogens is 2. The van der Waals surface area contributed by atoms with Crippen molar-refractivity contribution >= 4 is 51.3 Å². The summed E-state index contributed by atoms with van der Waals surface area (Å²) in [6.45, 7) is 0.191. The quantitative estimate of drug-likeness (QED) is 0.148. The number of carbonyl (C=O) groups is 1. The van der Waals surface area contributed by atoms with Crippen LogP contribution in [-0.4, -0.2) is 19.0 Å². The first-order chi connectivity index (χ1) is 17.0. The minimum Gasteiger partial charge on any atom is -0.493 e. The number of nitrogens with zero attached hydrogens (tertiary/aromatic N) is 1. The molecule has 1 heterocycles. The maximum Gasteiger partial charge on any atom is 0.363 e. The number of benzene rings is 4. The van der Waals surface area contributed by atoms with Gasteiger partial charge in [0.25, 0.3) is 0 Å². The summed E-state index contributed by atoms with van der Waals surface area (Å²) >= 11 is 2.14. The van der Waals surface area contributed by atoms with E-state index in [1.165, 1.54) is 19.2 Å². The molecule has 5 nitrogen and oxygen atoms in total. The number of esters is 1. The van der Waals surface area contributed by atoms with Crippen LogP contribution in [0, 0.1) is 9.39 Å². The number of cyclic esters (lactones) is 1. The summed E-state index contributed by atoms with van der Waals surface area (Å²) in [5.41, 5.74) is 2.34. The molecule has 0 spiro atoms. The fourth-order valence-electron chi connectivity index (χ4n) is 3.76. The molecule has 0 unspecified atom stereocenters. The number of hydrogen-bond donors (Lipinski definition) is 0. The number of methoxy groups -OCH3 is 1. The molecule has 0 atom stereocenters. The average Bonchev–Trinajstić information content (AvgIpc) is 3.22. The highest BCUT2D eigenvalue weighted by Gasteiger charge is 2.24. The Bertz CT molecular complexity index is 1510. The molecule has 0 radical (unpaired) electrons. The second-order valence-electron chi connectivity index (χ2n) is 7.85. The average molecular weight is 579 g/mol. The standard InChI is InChI=1S/C28H19FINO4/c1-33-25-14-18(12-23(30)26(25)34-16-17-5-4-8-22(29)11-17)13-24-28(32)35-27(31-24)21-10-9-19-6-2-3-7-20(19)15-21/h2-15H,16H2,1H3/b24-13-. The van der Waals surface area contributed by atoms with Crippen LogP contribution in [0.1, 0.15) is 16.7 Å². The molecule has 0 saturated heterocycles. The summed E-state index contributed by atoms with van der Waals surface area (Å²) in [5, 5.41) is 2.13. The molecule has 0 aromatic heterocycles. The van der Waals surface area contributed by atoms with Gasteiger partial charge in [0, 0.05) is 5.56 Å². The highest BCUT2D eigenvalue weighted by Crippen LogP contribution is 2.35. The number of fused-ring (bicyclic) bond motifs is 1. The number of rotatable bonds is 6. The van der Waals surface area contributed by atoms with E-state index in [1.807, 2.05) is 48.5 Å². The van der Waals surface area contributed by atoms with E-state index in [4.69, 9.17) is 14.2 Å². The maximum atomic E-state index is 13.5. The van der Waals surface area contributed by atoms with Crippen molar-refractivity contribution in [1.82, 2.24) is 0 Å². The Balaban J connectivity index is 1.41. The van der Waals surface area contributed by atoms with E-state index in [9.17, 15) is 9.18 Å². The summed E-state index contributed by atoms with van der Waals surface area (Å²) in [5.74, 6) is 0.457. The second kappa shape index (κ2) is 9.87. The van der Waals surface area contributed by atoms with Crippen LogP contribution in [0.15, 0.2) is 89.6 Å². The molecule has 0 saturated carbocycles. The minimum absolute atomic E-state index is 0.191. The lowest BCUT2D eigenvalue weighted by Crippen LogP contribution is -2.05. The molecule has 174 valence electrons. The molecular formula is C28H19FINO4. The van der Waals surface area contributed by atoms with Gasteiger partial charge in [-0.3, -0.25) is 0 Å². The summed E-state index contributed by atoms with van der Waals surface area (Å²) in [4.78, 5) is 17.0. The van der Waals surface area contributed by atoms with Crippen LogP contribution in [0.4, 0.5) is 4.39 Å². The van der Waals surface area contributed by atoms with Crippen molar-refractivity contribution in [2.75, 3.05) is 7.11 Å². The molecule has 0 bridgehead atoms. The van der Waals surface area contributed by atoms with Crippen molar-refractivity contribution in [2.24, 2.45) is 4.99 Å². The van der Waals surface area contributed by atoms with Crippen LogP contribution in [0.2, 0.25) is 0 Å². The van der Waals surface area contributed by atoms with Gasteiger partial charge in [-0.05, 0) is 87.0 Å². The van der Waals surface area contributed by atoms with E-state index in [-0.39, 0.29) is 24.0 Å². The molecule has 35 heavy (non-hydrogen) atoms. The topological polar surface area (TPSA) is 57.1 Å². The highest BCUT2D eigenvalue weighted by atomic mass is 127. The van der Waals surface area contributed by atoms with Crippen molar-refractivity contribution in [3.05, 3.63) is 111 Å². The Morgan fingerprint density at radius 3 is 2.63 bits per heavy atom. The summed E-state index contributed by atoms with van der Waals surface area (Å²) in [6.07, 6.45) is 1.65. The van der Waals surface area contributed by atoms with Gasteiger partial charge in [-0.25, -0.2) is 14.2 Å². The first-order valence-electron chi connectivity index (χ1n) is 10.8. The molecule has 0 amide bonds. The largest absolute Gasteiger partial charge is 0.493 e. The minimum atomic E-state index is -0.520. The van der Waals surface area contributed by atoms with Crippen LogP contribution in [0.5, 0.6) is 11.5 Å². The monoisotopic (exact) mass is 579 g/mol. The Hall–Kier alpha value is -3.72. The number of hydrogen-bond acceptors (Lipinski definition) is 5. The summed E-state index contributed by atoms with van der Waals surface area (Å²) < 4.78 is 31.1. The normalized spacial score (nSPS) is 14.2. The van der Waals surface area contributed by atoms with E-state index < -0.39 is 5.97 Å². The molecule has 1 aliphatic heterocycles. The van der Waals surface area contributed by atoms with Gasteiger partial charge in [0.05, 0.1) is 10.7 Å². The van der Waals surface area contributed by atoms with Crippen LogP contribution in [0.25, 0.3) is 16.8 Å². The smallest absolute Gasteiger partial charge is 0.363 e. The Labute approximate surface area is 215 Å². The molecular weight excluding hydrogens is 560 g/mol. The van der Waals surface area contributed by atoms with Crippen molar-refractivity contribution < 1.29 is 23.4 Å². The third-order valence-electron chi connectivity index (χ3n) is 5.44. The van der Waals surface area contributed by atoms with E-state index in [0.717, 1.165) is 19.9 Å². The zero-order chi connectivity index (χ0) is 24.4. The molecule has 0 aliphatic carbocycles. The SMILES string of the molecule is COc1cc(/C=C2\N=C(c3ccc4ccccc4c3)OC2=O)cc(I)c1OCc1cccc(F)c1. The number of aliphatic imine (C=N–C) groups is 1. The number of carbonyl (C=O) groups excluding carboxylic acids is 1. The van der Waals surface area contributed by atoms with Gasteiger partial charge in [-0.2, -0.15) is 0 Å². The summed E-state index contributed by atoms with van der Waals surface area (Å²) in [6, 6.07) is 23.6. The predicted octanol–water partition coefficient (Wildman–Crippen LogP) is 6.52.